The van der Waals surface area contributed by atoms with Crippen molar-refractivity contribution in [3.63, 3.8) is 0 Å². The van der Waals surface area contributed by atoms with Crippen molar-refractivity contribution in [1.29, 1.82) is 0 Å². The zero-order valence-corrected chi connectivity index (χ0v) is 20.1. The lowest BCUT2D eigenvalue weighted by molar-refractivity contribution is 0.0625. The molecule has 0 aliphatic carbocycles. The lowest BCUT2D eigenvalue weighted by Crippen LogP contribution is -2.57. The summed E-state index contributed by atoms with van der Waals surface area (Å²) in [7, 11) is 0. The van der Waals surface area contributed by atoms with Gasteiger partial charge in [-0.2, -0.15) is 0 Å². The number of carbonyl (C=O) groups excluding carboxylic acids is 1. The Kier molecular flexibility index (Phi) is 5.33. The summed E-state index contributed by atoms with van der Waals surface area (Å²) in [5, 5.41) is 12.9. The van der Waals surface area contributed by atoms with Crippen LogP contribution in [0.1, 0.15) is 46.6 Å². The maximum absolute atomic E-state index is 13.7. The minimum atomic E-state index is -0.569. The summed E-state index contributed by atoms with van der Waals surface area (Å²) in [6, 6.07) is 15.2. The zero-order chi connectivity index (χ0) is 24.1. The quantitative estimate of drug-likeness (QED) is 0.523. The third-order valence-electron chi connectivity index (χ3n) is 6.93. The fourth-order valence-corrected chi connectivity index (χ4v) is 6.32. The van der Waals surface area contributed by atoms with Gasteiger partial charge in [-0.1, -0.05) is 43.3 Å². The van der Waals surface area contributed by atoms with Gasteiger partial charge in [-0.05, 0) is 35.8 Å². The molecule has 3 aromatic rings. The fraction of sp³-hybridized carbons (Fsp3) is 0.259. The Bertz CT molecular complexity index is 1420. The first kappa shape index (κ1) is 21.9. The van der Waals surface area contributed by atoms with Crippen LogP contribution in [0.2, 0.25) is 0 Å². The fourth-order valence-electron chi connectivity index (χ4n) is 5.24. The van der Waals surface area contributed by atoms with E-state index in [0.717, 1.165) is 33.1 Å². The smallest absolute Gasteiger partial charge is 0.278 e. The van der Waals surface area contributed by atoms with Crippen LogP contribution in [0.5, 0.6) is 11.5 Å². The molecular weight excluding hydrogens is 462 g/mol. The predicted octanol–water partition coefficient (Wildman–Crippen LogP) is 4.03. The number of pyridine rings is 1. The lowest BCUT2D eigenvalue weighted by atomic mass is 9.93. The molecule has 3 aliphatic rings. The molecule has 2 bridgehead atoms. The highest BCUT2D eigenvalue weighted by molar-refractivity contribution is 7.98. The van der Waals surface area contributed by atoms with Gasteiger partial charge in [0.1, 0.15) is 25.1 Å². The number of aromatic hydroxyl groups is 1. The molecule has 2 aromatic carbocycles. The minimum absolute atomic E-state index is 0.0100. The van der Waals surface area contributed by atoms with Crippen molar-refractivity contribution >= 4 is 17.7 Å². The average Bonchev–Trinajstić information content (AvgIpc) is 3.05. The van der Waals surface area contributed by atoms with Crippen LogP contribution >= 0.6 is 11.8 Å². The molecule has 2 atom stereocenters. The number of hydrogen-bond acceptors (Lipinski definition) is 6. The zero-order valence-electron chi connectivity index (χ0n) is 19.3. The Hall–Kier alpha value is -3.65. The van der Waals surface area contributed by atoms with Crippen molar-refractivity contribution in [2.45, 2.75) is 36.1 Å². The molecule has 8 heteroatoms. The van der Waals surface area contributed by atoms with E-state index < -0.39 is 11.2 Å². The number of rotatable bonds is 1. The number of aromatic nitrogens is 1. The number of thioether (sulfide) groups is 1. The second kappa shape index (κ2) is 8.53. The van der Waals surface area contributed by atoms with Crippen LogP contribution in [-0.4, -0.2) is 39.9 Å². The van der Waals surface area contributed by atoms with Crippen molar-refractivity contribution < 1.29 is 14.6 Å². The van der Waals surface area contributed by atoms with E-state index in [1.807, 2.05) is 43.3 Å². The van der Waals surface area contributed by atoms with Gasteiger partial charge in [-0.3, -0.25) is 19.3 Å². The molecule has 7 nitrogen and oxygen atoms in total. The van der Waals surface area contributed by atoms with E-state index in [-0.39, 0.29) is 30.4 Å². The number of carbonyl (C=O) groups is 1. The van der Waals surface area contributed by atoms with Gasteiger partial charge in [0.2, 0.25) is 5.43 Å². The van der Waals surface area contributed by atoms with Crippen molar-refractivity contribution in [3.8, 4) is 11.5 Å². The molecule has 0 fully saturated rings. The summed E-state index contributed by atoms with van der Waals surface area (Å²) in [6.45, 7) is 2.69. The summed E-state index contributed by atoms with van der Waals surface area (Å²) in [5.41, 5.74) is 2.70. The second-order valence-electron chi connectivity index (χ2n) is 8.85. The van der Waals surface area contributed by atoms with Crippen molar-refractivity contribution in [3.05, 3.63) is 99.5 Å². The topological polar surface area (TPSA) is 75.0 Å². The molecule has 0 spiro atoms. The molecule has 1 amide bonds. The van der Waals surface area contributed by atoms with E-state index in [2.05, 4.69) is 23.2 Å². The molecule has 35 heavy (non-hydrogen) atoms. The van der Waals surface area contributed by atoms with Gasteiger partial charge in [0.15, 0.2) is 11.4 Å². The maximum atomic E-state index is 13.7. The first-order chi connectivity index (χ1) is 17.1. The molecular formula is C27H25N3O4S. The summed E-state index contributed by atoms with van der Waals surface area (Å²) in [5.74, 6) is 0.686. The monoisotopic (exact) mass is 487 g/mol. The number of fused-ring (bicyclic) bond motifs is 7. The molecule has 1 N–H and O–H groups in total. The first-order valence-corrected chi connectivity index (χ1v) is 12.7. The molecule has 178 valence electrons. The Morgan fingerprint density at radius 2 is 1.97 bits per heavy atom. The van der Waals surface area contributed by atoms with Crippen LogP contribution in [0.4, 0.5) is 0 Å². The summed E-state index contributed by atoms with van der Waals surface area (Å²) >= 11 is 1.77. The normalized spacial score (nSPS) is 21.6. The van der Waals surface area contributed by atoms with E-state index in [4.69, 9.17) is 4.74 Å². The first-order valence-electron chi connectivity index (χ1n) is 11.7. The van der Waals surface area contributed by atoms with Crippen LogP contribution in [0.3, 0.4) is 0 Å². The van der Waals surface area contributed by atoms with Gasteiger partial charge in [-0.25, -0.2) is 0 Å². The standard InChI is InChI=1S/C27H25N3O4S/c1-2-18-8-6-14-34-21-10-5-7-17-15-35-22-11-4-3-9-19(22)24(23(17)21)30-16-28(18)27(33)25-26(32)20(31)12-13-29(25)30/h3-13,18,24,32H,2,14-16H2,1H3/b8-6-/t18-,24+/m0/s1. The number of hydrogen-bond donors (Lipinski definition) is 1. The largest absolute Gasteiger partial charge is 0.502 e. The van der Waals surface area contributed by atoms with Gasteiger partial charge < -0.3 is 14.7 Å². The highest BCUT2D eigenvalue weighted by Gasteiger charge is 2.41. The number of amides is 1. The second-order valence-corrected chi connectivity index (χ2v) is 9.87. The van der Waals surface area contributed by atoms with E-state index in [9.17, 15) is 14.7 Å². The third kappa shape index (κ3) is 3.43. The molecule has 3 aliphatic heterocycles. The van der Waals surface area contributed by atoms with Crippen LogP contribution in [0.15, 0.2) is 76.6 Å². The highest BCUT2D eigenvalue weighted by Crippen LogP contribution is 2.46. The minimum Gasteiger partial charge on any atom is -0.502 e. The van der Waals surface area contributed by atoms with Crippen LogP contribution in [-0.2, 0) is 5.75 Å². The van der Waals surface area contributed by atoms with Gasteiger partial charge in [0.05, 0.1) is 6.04 Å². The Balaban J connectivity index is 1.69. The molecule has 1 aromatic heterocycles. The average molecular weight is 488 g/mol. The Labute approximate surface area is 207 Å². The maximum Gasteiger partial charge on any atom is 0.278 e. The van der Waals surface area contributed by atoms with Crippen LogP contribution in [0, 0.1) is 0 Å². The molecule has 0 unspecified atom stereocenters. The number of nitrogens with zero attached hydrogens (tertiary/aromatic N) is 3. The van der Waals surface area contributed by atoms with E-state index in [1.54, 1.807) is 27.5 Å². The van der Waals surface area contributed by atoms with Crippen molar-refractivity contribution in [1.82, 2.24) is 9.58 Å². The molecule has 4 heterocycles. The number of ether oxygens (including phenoxy) is 1. The van der Waals surface area contributed by atoms with Crippen LogP contribution in [0.25, 0.3) is 0 Å². The highest BCUT2D eigenvalue weighted by atomic mass is 32.2. The summed E-state index contributed by atoms with van der Waals surface area (Å²) in [4.78, 5) is 29.0. The summed E-state index contributed by atoms with van der Waals surface area (Å²) in [6.07, 6.45) is 6.19. The Morgan fingerprint density at radius 3 is 2.83 bits per heavy atom. The summed E-state index contributed by atoms with van der Waals surface area (Å²) < 4.78 is 7.96. The third-order valence-corrected chi connectivity index (χ3v) is 8.07. The van der Waals surface area contributed by atoms with Gasteiger partial charge in [0.25, 0.3) is 5.91 Å². The number of benzene rings is 2. The Morgan fingerprint density at radius 1 is 1.11 bits per heavy atom. The van der Waals surface area contributed by atoms with Gasteiger partial charge in [-0.15, -0.1) is 11.8 Å². The molecule has 0 radical (unpaired) electrons. The van der Waals surface area contributed by atoms with Gasteiger partial charge in [0, 0.05) is 28.5 Å². The van der Waals surface area contributed by atoms with E-state index >= 15 is 0 Å². The predicted molar refractivity (Wildman–Crippen MR) is 135 cm³/mol. The van der Waals surface area contributed by atoms with Gasteiger partial charge >= 0.3 is 0 Å². The molecule has 6 rings (SSSR count). The van der Waals surface area contributed by atoms with Crippen molar-refractivity contribution in [2.24, 2.45) is 0 Å². The van der Waals surface area contributed by atoms with Crippen molar-refractivity contribution in [2.75, 3.05) is 18.3 Å². The van der Waals surface area contributed by atoms with Crippen LogP contribution < -0.4 is 15.2 Å². The van der Waals surface area contributed by atoms with E-state index in [0.29, 0.717) is 13.0 Å². The van der Waals surface area contributed by atoms with E-state index in [1.165, 1.54) is 6.07 Å². The SMILES string of the molecule is CC[C@H]1/C=C\COc2cccc3c2[C@@H](c2ccccc2SC3)N2CN1C(=O)c1c(O)c(=O)ccn12. The molecule has 0 saturated carbocycles. The lowest BCUT2D eigenvalue weighted by Gasteiger charge is -2.46. The molecule has 0 saturated heterocycles.